The lowest BCUT2D eigenvalue weighted by molar-refractivity contribution is -0.137. The largest absolute Gasteiger partial charge is 0.463 e. The predicted octanol–water partition coefficient (Wildman–Crippen LogP) is 0.172. The van der Waals surface area contributed by atoms with Crippen LogP contribution in [0.15, 0.2) is 12.2 Å². The number of carbonyl (C=O) groups is 1. The molecule has 1 unspecified atom stereocenters. The molecule has 1 aliphatic heterocycles. The molecule has 0 aliphatic carbocycles. The number of aliphatic hydroxyl groups is 1. The third-order valence-electron chi connectivity index (χ3n) is 2.15. The van der Waals surface area contributed by atoms with Gasteiger partial charge in [-0.25, -0.2) is 4.79 Å². The van der Waals surface area contributed by atoms with Crippen molar-refractivity contribution < 1.29 is 14.6 Å². The average Bonchev–Trinajstić information content (AvgIpc) is 2.52. The van der Waals surface area contributed by atoms with E-state index < -0.39 is 0 Å². The number of β-amino-alcohol motifs (C(OH)–C–C–N with tert-alkyl or cyclic N) is 1. The van der Waals surface area contributed by atoms with Crippen LogP contribution < -0.4 is 0 Å². The maximum Gasteiger partial charge on any atom is 0.330 e. The summed E-state index contributed by atoms with van der Waals surface area (Å²) in [6.07, 6.45) is 3.84. The number of likely N-dealkylation sites (tertiary alicyclic amines) is 1. The molecule has 1 rings (SSSR count). The molecule has 14 heavy (non-hydrogen) atoms. The highest BCUT2D eigenvalue weighted by atomic mass is 16.5. The number of hydrogen-bond acceptors (Lipinski definition) is 4. The van der Waals surface area contributed by atoms with Crippen LogP contribution in [0.4, 0.5) is 0 Å². The second-order valence-corrected chi connectivity index (χ2v) is 3.36. The van der Waals surface area contributed by atoms with E-state index in [1.54, 1.807) is 13.0 Å². The molecule has 4 nitrogen and oxygen atoms in total. The molecule has 1 saturated heterocycles. The minimum Gasteiger partial charge on any atom is -0.463 e. The fourth-order valence-corrected chi connectivity index (χ4v) is 1.47. The number of nitrogens with zero attached hydrogens (tertiary/aromatic N) is 1. The van der Waals surface area contributed by atoms with Crippen molar-refractivity contribution in [2.75, 3.05) is 26.2 Å². The summed E-state index contributed by atoms with van der Waals surface area (Å²) in [6.45, 7) is 4.49. The first-order valence-electron chi connectivity index (χ1n) is 4.96. The summed E-state index contributed by atoms with van der Waals surface area (Å²) in [5.41, 5.74) is 0. The molecule has 1 heterocycles. The third kappa shape index (κ3) is 3.89. The van der Waals surface area contributed by atoms with Crippen LogP contribution in [0.5, 0.6) is 0 Å². The maximum atomic E-state index is 10.9. The van der Waals surface area contributed by atoms with Crippen molar-refractivity contribution in [3.8, 4) is 0 Å². The summed E-state index contributed by atoms with van der Waals surface area (Å²) in [5.74, 6) is -0.299. The lowest BCUT2D eigenvalue weighted by atomic mass is 10.3. The van der Waals surface area contributed by atoms with Gasteiger partial charge >= 0.3 is 5.97 Å². The van der Waals surface area contributed by atoms with Gasteiger partial charge in [-0.2, -0.15) is 0 Å². The topological polar surface area (TPSA) is 49.8 Å². The number of hydrogen-bond donors (Lipinski definition) is 1. The van der Waals surface area contributed by atoms with Gasteiger partial charge in [-0.05, 0) is 13.3 Å². The lowest BCUT2D eigenvalue weighted by Gasteiger charge is -2.10. The zero-order valence-corrected chi connectivity index (χ0v) is 8.48. The molecule has 0 aromatic rings. The molecule has 80 valence electrons. The Morgan fingerprint density at radius 3 is 3.07 bits per heavy atom. The van der Waals surface area contributed by atoms with E-state index in [0.29, 0.717) is 19.7 Å². The van der Waals surface area contributed by atoms with Gasteiger partial charge in [0.2, 0.25) is 0 Å². The van der Waals surface area contributed by atoms with Crippen LogP contribution in [-0.4, -0.2) is 48.3 Å². The molecule has 0 aromatic heterocycles. The second kappa shape index (κ2) is 5.78. The van der Waals surface area contributed by atoms with E-state index in [4.69, 9.17) is 4.74 Å². The summed E-state index contributed by atoms with van der Waals surface area (Å²) in [7, 11) is 0. The van der Waals surface area contributed by atoms with Crippen molar-refractivity contribution >= 4 is 5.97 Å². The van der Waals surface area contributed by atoms with Crippen molar-refractivity contribution in [3.05, 3.63) is 12.2 Å². The van der Waals surface area contributed by atoms with Crippen molar-refractivity contribution in [2.24, 2.45) is 0 Å². The molecule has 4 heteroatoms. The first-order chi connectivity index (χ1) is 6.72. The van der Waals surface area contributed by atoms with Crippen LogP contribution in [0.3, 0.4) is 0 Å². The molecular formula is C10H17NO3. The number of rotatable bonds is 4. The molecule has 0 saturated carbocycles. The van der Waals surface area contributed by atoms with Gasteiger partial charge < -0.3 is 9.84 Å². The van der Waals surface area contributed by atoms with Gasteiger partial charge in [-0.3, -0.25) is 4.90 Å². The molecule has 1 N–H and O–H groups in total. The molecule has 0 bridgehead atoms. The highest BCUT2D eigenvalue weighted by Crippen LogP contribution is 2.07. The zero-order valence-electron chi connectivity index (χ0n) is 8.48. The minimum atomic E-state index is -0.299. The fourth-order valence-electron chi connectivity index (χ4n) is 1.47. The van der Waals surface area contributed by atoms with Crippen molar-refractivity contribution in [2.45, 2.75) is 19.4 Å². The van der Waals surface area contributed by atoms with Crippen molar-refractivity contribution in [1.29, 1.82) is 0 Å². The van der Waals surface area contributed by atoms with Crippen molar-refractivity contribution in [3.63, 3.8) is 0 Å². The van der Waals surface area contributed by atoms with Gasteiger partial charge in [0.25, 0.3) is 0 Å². The molecule has 0 amide bonds. The molecule has 0 radical (unpaired) electrons. The zero-order chi connectivity index (χ0) is 10.4. The third-order valence-corrected chi connectivity index (χ3v) is 2.15. The number of carbonyl (C=O) groups excluding carboxylic acids is 1. The Morgan fingerprint density at radius 2 is 2.50 bits per heavy atom. The highest BCUT2D eigenvalue weighted by Gasteiger charge is 2.18. The van der Waals surface area contributed by atoms with Crippen LogP contribution in [0.25, 0.3) is 0 Å². The number of ether oxygens (including phenoxy) is 1. The van der Waals surface area contributed by atoms with Crippen LogP contribution in [0.1, 0.15) is 13.3 Å². The monoisotopic (exact) mass is 199 g/mol. The highest BCUT2D eigenvalue weighted by molar-refractivity contribution is 5.81. The molecular weight excluding hydrogens is 182 g/mol. The molecule has 1 aliphatic rings. The van der Waals surface area contributed by atoms with Gasteiger partial charge in [0.15, 0.2) is 0 Å². The normalized spacial score (nSPS) is 23.1. The van der Waals surface area contributed by atoms with Gasteiger partial charge in [0.05, 0.1) is 12.7 Å². The van der Waals surface area contributed by atoms with E-state index in [1.807, 2.05) is 0 Å². The molecule has 0 spiro atoms. The molecule has 1 atom stereocenters. The van der Waals surface area contributed by atoms with E-state index in [2.05, 4.69) is 4.90 Å². The Labute approximate surface area is 84.2 Å². The SMILES string of the molecule is CCOC(=O)/C=C/CN1CCC(O)C1. The Kier molecular flexibility index (Phi) is 4.62. The van der Waals surface area contributed by atoms with Crippen LogP contribution in [0, 0.1) is 0 Å². The Balaban J connectivity index is 2.16. The van der Waals surface area contributed by atoms with E-state index in [0.717, 1.165) is 13.0 Å². The average molecular weight is 199 g/mol. The minimum absolute atomic E-state index is 0.203. The van der Waals surface area contributed by atoms with E-state index >= 15 is 0 Å². The summed E-state index contributed by atoms with van der Waals surface area (Å²) in [6, 6.07) is 0. The summed E-state index contributed by atoms with van der Waals surface area (Å²) in [4.78, 5) is 13.0. The van der Waals surface area contributed by atoms with Gasteiger partial charge in [-0.15, -0.1) is 0 Å². The smallest absolute Gasteiger partial charge is 0.330 e. The summed E-state index contributed by atoms with van der Waals surface area (Å²) in [5, 5.41) is 9.23. The maximum absolute atomic E-state index is 10.9. The second-order valence-electron chi connectivity index (χ2n) is 3.36. The standard InChI is InChI=1S/C10H17NO3/c1-2-14-10(13)4-3-6-11-7-5-9(12)8-11/h3-4,9,12H,2,5-8H2,1H3/b4-3+. The van der Waals surface area contributed by atoms with Gasteiger partial charge in [0, 0.05) is 25.7 Å². The van der Waals surface area contributed by atoms with Gasteiger partial charge in [0.1, 0.15) is 0 Å². The molecule has 0 aromatic carbocycles. The Hall–Kier alpha value is -0.870. The number of esters is 1. The molecule has 1 fully saturated rings. The quantitative estimate of drug-likeness (QED) is 0.518. The van der Waals surface area contributed by atoms with Crippen LogP contribution in [0.2, 0.25) is 0 Å². The number of aliphatic hydroxyl groups excluding tert-OH is 1. The van der Waals surface area contributed by atoms with E-state index in [1.165, 1.54) is 6.08 Å². The first kappa shape index (κ1) is 11.2. The summed E-state index contributed by atoms with van der Waals surface area (Å²) >= 11 is 0. The Morgan fingerprint density at radius 1 is 1.71 bits per heavy atom. The van der Waals surface area contributed by atoms with Crippen LogP contribution >= 0.6 is 0 Å². The lowest BCUT2D eigenvalue weighted by Crippen LogP contribution is -2.22. The summed E-state index contributed by atoms with van der Waals surface area (Å²) < 4.78 is 4.73. The fraction of sp³-hybridized carbons (Fsp3) is 0.700. The predicted molar refractivity (Wildman–Crippen MR) is 52.8 cm³/mol. The van der Waals surface area contributed by atoms with E-state index in [9.17, 15) is 9.90 Å². The Bertz CT molecular complexity index is 215. The first-order valence-corrected chi connectivity index (χ1v) is 4.96. The van der Waals surface area contributed by atoms with Crippen LogP contribution in [-0.2, 0) is 9.53 Å². The van der Waals surface area contributed by atoms with Crippen molar-refractivity contribution in [1.82, 2.24) is 4.90 Å². The van der Waals surface area contributed by atoms with E-state index in [-0.39, 0.29) is 12.1 Å². The van der Waals surface area contributed by atoms with Gasteiger partial charge in [-0.1, -0.05) is 6.08 Å².